The van der Waals surface area contributed by atoms with E-state index in [1.807, 2.05) is 4.68 Å². The second-order valence-corrected chi connectivity index (χ2v) is 6.82. The van der Waals surface area contributed by atoms with E-state index in [2.05, 4.69) is 40.8 Å². The smallest absolute Gasteiger partial charge is 0.141 e. The summed E-state index contributed by atoms with van der Waals surface area (Å²) < 4.78 is 2.05. The van der Waals surface area contributed by atoms with E-state index >= 15 is 0 Å². The maximum Gasteiger partial charge on any atom is 0.141 e. The van der Waals surface area contributed by atoms with E-state index in [1.165, 1.54) is 12.8 Å². The Morgan fingerprint density at radius 3 is 2.73 bits per heavy atom. The Hall–Kier alpha value is -0.980. The average molecular weight is 309 g/mol. The van der Waals surface area contributed by atoms with Gasteiger partial charge in [-0.15, -0.1) is 0 Å². The minimum atomic E-state index is 0.286. The van der Waals surface area contributed by atoms with Gasteiger partial charge in [-0.2, -0.15) is 5.10 Å². The SMILES string of the molecule is CC(C)Cn1ncnc1CN1CCC(N(C)CCCO)CC1. The van der Waals surface area contributed by atoms with Gasteiger partial charge in [-0.1, -0.05) is 13.8 Å². The molecule has 1 saturated heterocycles. The quantitative estimate of drug-likeness (QED) is 0.782. The molecule has 6 heteroatoms. The van der Waals surface area contributed by atoms with Crippen LogP contribution in [0.15, 0.2) is 6.33 Å². The number of nitrogens with zero attached hydrogens (tertiary/aromatic N) is 5. The van der Waals surface area contributed by atoms with Crippen LogP contribution in [0.25, 0.3) is 0 Å². The molecule has 2 heterocycles. The zero-order valence-corrected chi connectivity index (χ0v) is 14.3. The van der Waals surface area contributed by atoms with E-state index in [0.29, 0.717) is 12.0 Å². The van der Waals surface area contributed by atoms with Gasteiger partial charge in [-0.3, -0.25) is 4.90 Å². The highest BCUT2D eigenvalue weighted by Gasteiger charge is 2.23. The van der Waals surface area contributed by atoms with Gasteiger partial charge in [0.1, 0.15) is 12.2 Å². The second-order valence-electron chi connectivity index (χ2n) is 6.82. The van der Waals surface area contributed by atoms with Crippen LogP contribution in [0.4, 0.5) is 0 Å². The first-order valence-electron chi connectivity index (χ1n) is 8.50. The lowest BCUT2D eigenvalue weighted by atomic mass is 10.0. The van der Waals surface area contributed by atoms with Crippen LogP contribution < -0.4 is 0 Å². The lowest BCUT2D eigenvalue weighted by molar-refractivity contribution is 0.114. The van der Waals surface area contributed by atoms with Gasteiger partial charge < -0.3 is 10.0 Å². The first-order valence-corrected chi connectivity index (χ1v) is 8.50. The lowest BCUT2D eigenvalue weighted by Gasteiger charge is -2.36. The Morgan fingerprint density at radius 1 is 1.36 bits per heavy atom. The molecule has 1 aliphatic heterocycles. The fourth-order valence-electron chi connectivity index (χ4n) is 3.13. The summed E-state index contributed by atoms with van der Waals surface area (Å²) in [7, 11) is 2.18. The van der Waals surface area contributed by atoms with Gasteiger partial charge in [0.25, 0.3) is 0 Å². The third-order valence-corrected chi connectivity index (χ3v) is 4.45. The van der Waals surface area contributed by atoms with Crippen molar-refractivity contribution in [1.29, 1.82) is 0 Å². The Balaban J connectivity index is 1.79. The maximum atomic E-state index is 8.94. The van der Waals surface area contributed by atoms with Crippen molar-refractivity contribution in [2.24, 2.45) is 5.92 Å². The van der Waals surface area contributed by atoms with E-state index in [1.54, 1.807) is 6.33 Å². The fraction of sp³-hybridized carbons (Fsp3) is 0.875. The minimum absolute atomic E-state index is 0.286. The Kier molecular flexibility index (Phi) is 6.79. The molecule has 2 rings (SSSR count). The molecule has 0 saturated carbocycles. The van der Waals surface area contributed by atoms with Crippen LogP contribution >= 0.6 is 0 Å². The molecule has 0 aliphatic carbocycles. The van der Waals surface area contributed by atoms with Crippen molar-refractivity contribution in [2.45, 2.75) is 52.2 Å². The predicted octanol–water partition coefficient (Wildman–Crippen LogP) is 1.21. The number of likely N-dealkylation sites (tertiary alicyclic amines) is 1. The summed E-state index contributed by atoms with van der Waals surface area (Å²) in [5, 5.41) is 13.3. The summed E-state index contributed by atoms with van der Waals surface area (Å²) in [4.78, 5) is 9.31. The van der Waals surface area contributed by atoms with Gasteiger partial charge in [0.2, 0.25) is 0 Å². The molecule has 0 radical (unpaired) electrons. The van der Waals surface area contributed by atoms with Gasteiger partial charge in [0.15, 0.2) is 0 Å². The molecular formula is C16H31N5O. The highest BCUT2D eigenvalue weighted by atomic mass is 16.3. The van der Waals surface area contributed by atoms with E-state index < -0.39 is 0 Å². The number of aliphatic hydroxyl groups is 1. The molecule has 1 aromatic rings. The monoisotopic (exact) mass is 309 g/mol. The zero-order chi connectivity index (χ0) is 15.9. The third kappa shape index (κ3) is 5.04. The van der Waals surface area contributed by atoms with Crippen molar-refractivity contribution in [3.63, 3.8) is 0 Å². The molecule has 0 bridgehead atoms. The predicted molar refractivity (Wildman–Crippen MR) is 87.5 cm³/mol. The molecule has 1 N–H and O–H groups in total. The van der Waals surface area contributed by atoms with Crippen LogP contribution in [0.5, 0.6) is 0 Å². The summed E-state index contributed by atoms with van der Waals surface area (Å²) in [6, 6.07) is 0.649. The van der Waals surface area contributed by atoms with Crippen molar-refractivity contribution in [3.05, 3.63) is 12.2 Å². The molecule has 1 aromatic heterocycles. The first kappa shape index (κ1) is 17.4. The highest BCUT2D eigenvalue weighted by molar-refractivity contribution is 4.87. The second kappa shape index (κ2) is 8.60. The van der Waals surface area contributed by atoms with E-state index in [0.717, 1.165) is 45.0 Å². The summed E-state index contributed by atoms with van der Waals surface area (Å²) >= 11 is 0. The maximum absolute atomic E-state index is 8.94. The summed E-state index contributed by atoms with van der Waals surface area (Å²) in [5.41, 5.74) is 0. The van der Waals surface area contributed by atoms with E-state index in [4.69, 9.17) is 5.11 Å². The fourth-order valence-corrected chi connectivity index (χ4v) is 3.13. The van der Waals surface area contributed by atoms with Crippen molar-refractivity contribution < 1.29 is 5.11 Å². The Morgan fingerprint density at radius 2 is 2.09 bits per heavy atom. The van der Waals surface area contributed by atoms with Crippen molar-refractivity contribution in [2.75, 3.05) is 33.3 Å². The number of piperidine rings is 1. The number of aromatic nitrogens is 3. The molecule has 0 aromatic carbocycles. The van der Waals surface area contributed by atoms with Crippen LogP contribution in [0, 0.1) is 5.92 Å². The first-order chi connectivity index (χ1) is 10.6. The third-order valence-electron chi connectivity index (χ3n) is 4.45. The molecule has 22 heavy (non-hydrogen) atoms. The van der Waals surface area contributed by atoms with Gasteiger partial charge in [0.05, 0.1) is 6.54 Å². The van der Waals surface area contributed by atoms with Crippen LogP contribution in [0.1, 0.15) is 38.9 Å². The van der Waals surface area contributed by atoms with Crippen LogP contribution in [0.3, 0.4) is 0 Å². The van der Waals surface area contributed by atoms with Crippen LogP contribution in [0.2, 0.25) is 0 Å². The summed E-state index contributed by atoms with van der Waals surface area (Å²) in [6.45, 7) is 9.76. The van der Waals surface area contributed by atoms with Crippen molar-refractivity contribution in [3.8, 4) is 0 Å². The molecule has 1 aliphatic rings. The number of hydrogen-bond acceptors (Lipinski definition) is 5. The van der Waals surface area contributed by atoms with Gasteiger partial charge in [-0.05, 0) is 32.2 Å². The van der Waals surface area contributed by atoms with Gasteiger partial charge in [-0.25, -0.2) is 9.67 Å². The molecule has 0 amide bonds. The normalized spacial score (nSPS) is 17.7. The molecule has 1 fully saturated rings. The van der Waals surface area contributed by atoms with E-state index in [9.17, 15) is 0 Å². The Bertz CT molecular complexity index is 426. The van der Waals surface area contributed by atoms with Gasteiger partial charge >= 0.3 is 0 Å². The topological polar surface area (TPSA) is 57.4 Å². The van der Waals surface area contributed by atoms with E-state index in [-0.39, 0.29) is 6.61 Å². The number of hydrogen-bond donors (Lipinski definition) is 1. The largest absolute Gasteiger partial charge is 0.396 e. The zero-order valence-electron chi connectivity index (χ0n) is 14.3. The molecule has 0 atom stereocenters. The van der Waals surface area contributed by atoms with Crippen molar-refractivity contribution in [1.82, 2.24) is 24.6 Å². The molecule has 126 valence electrons. The minimum Gasteiger partial charge on any atom is -0.396 e. The molecule has 6 nitrogen and oxygen atoms in total. The lowest BCUT2D eigenvalue weighted by Crippen LogP contribution is -2.43. The number of rotatable bonds is 8. The average Bonchev–Trinajstić information content (AvgIpc) is 2.92. The number of aliphatic hydroxyl groups excluding tert-OH is 1. The highest BCUT2D eigenvalue weighted by Crippen LogP contribution is 2.17. The van der Waals surface area contributed by atoms with Crippen LogP contribution in [-0.2, 0) is 13.1 Å². The van der Waals surface area contributed by atoms with Crippen molar-refractivity contribution >= 4 is 0 Å². The molecular weight excluding hydrogens is 278 g/mol. The molecule has 0 spiro atoms. The molecule has 0 unspecified atom stereocenters. The standard InChI is InChI=1S/C16H31N5O/c1-14(2)11-21-16(17-13-18-21)12-20-8-5-15(6-9-20)19(3)7-4-10-22/h13-15,22H,4-12H2,1-3H3. The Labute approximate surface area is 134 Å². The van der Waals surface area contributed by atoms with Crippen LogP contribution in [-0.4, -0.2) is 69.0 Å². The van der Waals surface area contributed by atoms with Gasteiger partial charge in [0, 0.05) is 38.8 Å². The summed E-state index contributed by atoms with van der Waals surface area (Å²) in [6.07, 6.45) is 4.93. The summed E-state index contributed by atoms with van der Waals surface area (Å²) in [5.74, 6) is 1.67.